The van der Waals surface area contributed by atoms with Crippen LogP contribution in [0.15, 0.2) is 24.3 Å². The van der Waals surface area contributed by atoms with Crippen LogP contribution in [-0.4, -0.2) is 12.1 Å². The van der Waals surface area contributed by atoms with Crippen LogP contribution < -0.4 is 10.5 Å². The van der Waals surface area contributed by atoms with Crippen molar-refractivity contribution in [1.82, 2.24) is 0 Å². The summed E-state index contributed by atoms with van der Waals surface area (Å²) < 4.78 is 5.90. The van der Waals surface area contributed by atoms with Crippen LogP contribution in [0.2, 0.25) is 0 Å². The van der Waals surface area contributed by atoms with Crippen LogP contribution in [0.1, 0.15) is 45.6 Å². The fourth-order valence-corrected chi connectivity index (χ4v) is 1.52. The Morgan fingerprint density at radius 3 is 2.38 bits per heavy atom. The molecule has 0 aliphatic carbocycles. The van der Waals surface area contributed by atoms with E-state index in [4.69, 9.17) is 10.5 Å². The first-order valence-electron chi connectivity index (χ1n) is 6.07. The molecule has 2 nitrogen and oxygen atoms in total. The number of para-hydroxylation sites is 1. The van der Waals surface area contributed by atoms with Gasteiger partial charge in [0.25, 0.3) is 0 Å². The van der Waals surface area contributed by atoms with E-state index in [1.165, 1.54) is 5.56 Å². The molecule has 0 aromatic heterocycles. The molecule has 0 heterocycles. The van der Waals surface area contributed by atoms with E-state index < -0.39 is 0 Å². The highest BCUT2D eigenvalue weighted by molar-refractivity contribution is 5.36. The van der Waals surface area contributed by atoms with Gasteiger partial charge in [0.2, 0.25) is 0 Å². The Balaban J connectivity index is 2.86. The van der Waals surface area contributed by atoms with Crippen LogP contribution in [0.5, 0.6) is 5.75 Å². The quantitative estimate of drug-likeness (QED) is 0.828. The summed E-state index contributed by atoms with van der Waals surface area (Å²) in [6.45, 7) is 8.39. The maximum atomic E-state index is 5.90. The van der Waals surface area contributed by atoms with Crippen molar-refractivity contribution in [2.24, 2.45) is 5.73 Å². The summed E-state index contributed by atoms with van der Waals surface area (Å²) in [5.74, 6) is 1.50. The van der Waals surface area contributed by atoms with Gasteiger partial charge in [-0.3, -0.25) is 0 Å². The summed E-state index contributed by atoms with van der Waals surface area (Å²) in [5.41, 5.74) is 7.09. The highest BCUT2D eigenvalue weighted by atomic mass is 16.5. The topological polar surface area (TPSA) is 35.2 Å². The lowest BCUT2D eigenvalue weighted by atomic mass is 9.98. The number of rotatable bonds is 5. The van der Waals surface area contributed by atoms with Gasteiger partial charge < -0.3 is 10.5 Å². The molecule has 1 aromatic carbocycles. The van der Waals surface area contributed by atoms with Gasteiger partial charge >= 0.3 is 0 Å². The van der Waals surface area contributed by atoms with Crippen molar-refractivity contribution in [1.29, 1.82) is 0 Å². The van der Waals surface area contributed by atoms with Gasteiger partial charge in [-0.1, -0.05) is 32.0 Å². The predicted molar refractivity (Wildman–Crippen MR) is 68.9 cm³/mol. The Bertz CT molecular complexity index is 322. The van der Waals surface area contributed by atoms with Gasteiger partial charge in [-0.15, -0.1) is 0 Å². The molecule has 0 aliphatic rings. The molecule has 2 N–H and O–H groups in total. The number of benzene rings is 1. The first-order valence-corrected chi connectivity index (χ1v) is 6.07. The summed E-state index contributed by atoms with van der Waals surface area (Å²) in [6.07, 6.45) is 1.16. The molecule has 2 heteroatoms. The summed E-state index contributed by atoms with van der Waals surface area (Å²) >= 11 is 0. The Labute approximate surface area is 98.8 Å². The van der Waals surface area contributed by atoms with Gasteiger partial charge in [-0.2, -0.15) is 0 Å². The second-order valence-corrected chi connectivity index (χ2v) is 4.53. The third-order valence-electron chi connectivity index (χ3n) is 3.12. The van der Waals surface area contributed by atoms with Crippen LogP contribution in [0.25, 0.3) is 0 Å². The summed E-state index contributed by atoms with van der Waals surface area (Å²) in [5, 5.41) is 0. The van der Waals surface area contributed by atoms with Crippen molar-refractivity contribution < 1.29 is 4.74 Å². The lowest BCUT2D eigenvalue weighted by Gasteiger charge is -2.22. The second kappa shape index (κ2) is 5.90. The zero-order valence-corrected chi connectivity index (χ0v) is 10.7. The van der Waals surface area contributed by atoms with Crippen molar-refractivity contribution in [3.63, 3.8) is 0 Å². The second-order valence-electron chi connectivity index (χ2n) is 4.53. The first-order chi connectivity index (χ1) is 7.56. The molecule has 16 heavy (non-hydrogen) atoms. The van der Waals surface area contributed by atoms with Crippen LogP contribution >= 0.6 is 0 Å². The van der Waals surface area contributed by atoms with Gasteiger partial charge in [-0.25, -0.2) is 0 Å². The molecule has 3 atom stereocenters. The largest absolute Gasteiger partial charge is 0.489 e. The smallest absolute Gasteiger partial charge is 0.123 e. The molecule has 0 bridgehead atoms. The monoisotopic (exact) mass is 221 g/mol. The van der Waals surface area contributed by atoms with Crippen LogP contribution in [0.4, 0.5) is 0 Å². The first kappa shape index (κ1) is 13.0. The van der Waals surface area contributed by atoms with Crippen LogP contribution in [-0.2, 0) is 0 Å². The summed E-state index contributed by atoms with van der Waals surface area (Å²) in [6, 6.07) is 8.28. The number of ether oxygens (including phenoxy) is 1. The van der Waals surface area contributed by atoms with E-state index in [0.717, 1.165) is 12.2 Å². The van der Waals surface area contributed by atoms with E-state index in [1.54, 1.807) is 0 Å². The average Bonchev–Trinajstić information content (AvgIpc) is 2.28. The normalized spacial score (nSPS) is 16.6. The average molecular weight is 221 g/mol. The number of hydrogen-bond acceptors (Lipinski definition) is 2. The minimum absolute atomic E-state index is 0.0463. The summed E-state index contributed by atoms with van der Waals surface area (Å²) in [4.78, 5) is 0. The van der Waals surface area contributed by atoms with E-state index in [-0.39, 0.29) is 12.1 Å². The molecule has 0 fully saturated rings. The minimum Gasteiger partial charge on any atom is -0.489 e. The molecule has 0 saturated carbocycles. The van der Waals surface area contributed by atoms with E-state index in [2.05, 4.69) is 26.0 Å². The Morgan fingerprint density at radius 2 is 1.81 bits per heavy atom. The fraction of sp³-hybridized carbons (Fsp3) is 0.571. The zero-order valence-electron chi connectivity index (χ0n) is 10.7. The molecule has 0 aliphatic heterocycles. The van der Waals surface area contributed by atoms with Crippen LogP contribution in [0, 0.1) is 0 Å². The Hall–Kier alpha value is -1.02. The molecule has 1 rings (SSSR count). The van der Waals surface area contributed by atoms with Crippen LogP contribution in [0.3, 0.4) is 0 Å². The van der Waals surface area contributed by atoms with Crippen molar-refractivity contribution >= 4 is 0 Å². The molecule has 0 saturated heterocycles. The molecule has 0 amide bonds. The van der Waals surface area contributed by atoms with Crippen molar-refractivity contribution in [3.8, 4) is 5.75 Å². The maximum absolute atomic E-state index is 5.90. The predicted octanol–water partition coefficient (Wildman–Crippen LogP) is 3.31. The fourth-order valence-electron chi connectivity index (χ4n) is 1.52. The van der Waals surface area contributed by atoms with E-state index in [0.29, 0.717) is 5.92 Å². The van der Waals surface area contributed by atoms with E-state index in [9.17, 15) is 0 Å². The SMILES string of the molecule is CCC(C)c1ccccc1OC(C)C(C)N. The lowest BCUT2D eigenvalue weighted by Crippen LogP contribution is -2.33. The third kappa shape index (κ3) is 3.24. The highest BCUT2D eigenvalue weighted by Gasteiger charge is 2.14. The number of nitrogens with two attached hydrogens (primary N) is 1. The molecule has 1 aromatic rings. The van der Waals surface area contributed by atoms with Gasteiger partial charge in [0.1, 0.15) is 11.9 Å². The molecule has 3 unspecified atom stereocenters. The summed E-state index contributed by atoms with van der Waals surface area (Å²) in [7, 11) is 0. The Kier molecular flexibility index (Phi) is 4.81. The molecular weight excluding hydrogens is 198 g/mol. The standard InChI is InChI=1S/C14H23NO/c1-5-10(2)13-8-6-7-9-14(13)16-12(4)11(3)15/h6-12H,5,15H2,1-4H3. The third-order valence-corrected chi connectivity index (χ3v) is 3.12. The maximum Gasteiger partial charge on any atom is 0.123 e. The molecule has 0 spiro atoms. The molecule has 90 valence electrons. The highest BCUT2D eigenvalue weighted by Crippen LogP contribution is 2.29. The lowest BCUT2D eigenvalue weighted by molar-refractivity contribution is 0.194. The molecular formula is C14H23NO. The van der Waals surface area contributed by atoms with Gasteiger partial charge in [-0.05, 0) is 37.8 Å². The molecule has 0 radical (unpaired) electrons. The van der Waals surface area contributed by atoms with Gasteiger partial charge in [0, 0.05) is 6.04 Å². The van der Waals surface area contributed by atoms with E-state index in [1.807, 2.05) is 26.0 Å². The van der Waals surface area contributed by atoms with Crippen molar-refractivity contribution in [3.05, 3.63) is 29.8 Å². The van der Waals surface area contributed by atoms with Gasteiger partial charge in [0.05, 0.1) is 0 Å². The van der Waals surface area contributed by atoms with Crippen molar-refractivity contribution in [2.75, 3.05) is 0 Å². The van der Waals surface area contributed by atoms with Crippen molar-refractivity contribution in [2.45, 2.75) is 52.2 Å². The number of hydrogen-bond donors (Lipinski definition) is 1. The Morgan fingerprint density at radius 1 is 1.19 bits per heavy atom. The minimum atomic E-state index is 0.0463. The zero-order chi connectivity index (χ0) is 12.1. The van der Waals surface area contributed by atoms with Gasteiger partial charge in [0.15, 0.2) is 0 Å². The van der Waals surface area contributed by atoms with E-state index >= 15 is 0 Å².